The summed E-state index contributed by atoms with van der Waals surface area (Å²) >= 11 is 3.30. The van der Waals surface area contributed by atoms with Gasteiger partial charge in [-0.25, -0.2) is 0 Å². The van der Waals surface area contributed by atoms with Gasteiger partial charge in [-0.15, -0.1) is 0 Å². The summed E-state index contributed by atoms with van der Waals surface area (Å²) in [7, 11) is -5.69. The SMILES string of the molecule is O=S(=O)(Oc1cc2c(Br)cccc2n1CC1CC1)C(F)(F)F. The van der Waals surface area contributed by atoms with E-state index in [1.807, 2.05) is 0 Å². The van der Waals surface area contributed by atoms with E-state index < -0.39 is 15.6 Å². The molecule has 4 nitrogen and oxygen atoms in total. The van der Waals surface area contributed by atoms with Crippen molar-refractivity contribution in [3.05, 3.63) is 28.7 Å². The van der Waals surface area contributed by atoms with Crippen LogP contribution in [-0.2, 0) is 16.7 Å². The van der Waals surface area contributed by atoms with Crippen LogP contribution >= 0.6 is 15.9 Å². The Morgan fingerprint density at radius 3 is 2.59 bits per heavy atom. The number of halogens is 4. The number of benzene rings is 1. The molecule has 0 atom stereocenters. The van der Waals surface area contributed by atoms with Gasteiger partial charge in [0.05, 0.1) is 5.52 Å². The summed E-state index contributed by atoms with van der Waals surface area (Å²) in [4.78, 5) is 0. The maximum Gasteiger partial charge on any atom is 0.534 e. The van der Waals surface area contributed by atoms with Crippen molar-refractivity contribution in [1.82, 2.24) is 4.57 Å². The molecule has 0 aliphatic heterocycles. The Balaban J connectivity index is 2.10. The first kappa shape index (κ1) is 15.7. The van der Waals surface area contributed by atoms with Crippen LogP contribution in [0.3, 0.4) is 0 Å². The topological polar surface area (TPSA) is 48.3 Å². The number of hydrogen-bond donors (Lipinski definition) is 0. The fourth-order valence-corrected chi connectivity index (χ4v) is 3.13. The summed E-state index contributed by atoms with van der Waals surface area (Å²) in [6.45, 7) is 0.433. The first-order valence-electron chi connectivity index (χ1n) is 6.47. The Bertz CT molecular complexity index is 825. The summed E-state index contributed by atoms with van der Waals surface area (Å²) in [6, 6.07) is 6.49. The van der Waals surface area contributed by atoms with E-state index in [9.17, 15) is 21.6 Å². The third-order valence-electron chi connectivity index (χ3n) is 3.47. The van der Waals surface area contributed by atoms with Gasteiger partial charge >= 0.3 is 15.6 Å². The molecule has 0 bridgehead atoms. The van der Waals surface area contributed by atoms with Gasteiger partial charge in [0.15, 0.2) is 0 Å². The van der Waals surface area contributed by atoms with E-state index in [1.165, 1.54) is 10.6 Å². The number of hydrogen-bond acceptors (Lipinski definition) is 3. The highest BCUT2D eigenvalue weighted by atomic mass is 79.9. The highest BCUT2D eigenvalue weighted by Crippen LogP contribution is 2.38. The average molecular weight is 398 g/mol. The molecule has 2 aromatic rings. The molecule has 1 saturated carbocycles. The molecule has 1 fully saturated rings. The maximum absolute atomic E-state index is 12.5. The predicted molar refractivity (Wildman–Crippen MR) is 78.0 cm³/mol. The van der Waals surface area contributed by atoms with Gasteiger partial charge in [0.25, 0.3) is 0 Å². The normalized spacial score (nSPS) is 16.2. The highest BCUT2D eigenvalue weighted by molar-refractivity contribution is 9.10. The third kappa shape index (κ3) is 2.83. The molecule has 1 aliphatic carbocycles. The lowest BCUT2D eigenvalue weighted by molar-refractivity contribution is -0.0502. The molecular formula is C13H11BrF3NO3S. The summed E-state index contributed by atoms with van der Waals surface area (Å²) in [5.74, 6) is 0.0247. The van der Waals surface area contributed by atoms with Crippen molar-refractivity contribution in [2.24, 2.45) is 5.92 Å². The Labute approximate surface area is 133 Å². The van der Waals surface area contributed by atoms with Crippen molar-refractivity contribution < 1.29 is 25.8 Å². The second-order valence-corrected chi connectivity index (χ2v) is 7.58. The Morgan fingerprint density at radius 2 is 2.00 bits per heavy atom. The zero-order valence-electron chi connectivity index (χ0n) is 11.1. The second kappa shape index (κ2) is 5.16. The van der Waals surface area contributed by atoms with Crippen LogP contribution in [0.4, 0.5) is 13.2 Å². The fourth-order valence-electron chi connectivity index (χ4n) is 2.20. The predicted octanol–water partition coefficient (Wildman–Crippen LogP) is 4.04. The van der Waals surface area contributed by atoms with Crippen molar-refractivity contribution in [3.63, 3.8) is 0 Å². The lowest BCUT2D eigenvalue weighted by Gasteiger charge is -2.12. The summed E-state index contributed by atoms with van der Waals surface area (Å²) in [6.07, 6.45) is 1.94. The number of rotatable bonds is 4. The molecule has 0 amide bonds. The van der Waals surface area contributed by atoms with Crippen molar-refractivity contribution in [2.45, 2.75) is 24.9 Å². The number of alkyl halides is 3. The standard InChI is InChI=1S/C13H11BrF3NO3S/c14-10-2-1-3-11-9(10)6-12(18(11)7-8-4-5-8)21-22(19,20)13(15,16)17/h1-3,6,8H,4-5,7H2. The van der Waals surface area contributed by atoms with Crippen LogP contribution < -0.4 is 4.18 Å². The van der Waals surface area contributed by atoms with Crippen LogP contribution in [0, 0.1) is 5.92 Å². The van der Waals surface area contributed by atoms with E-state index in [1.54, 1.807) is 18.2 Å². The van der Waals surface area contributed by atoms with Crippen molar-refractivity contribution in [1.29, 1.82) is 0 Å². The van der Waals surface area contributed by atoms with Crippen LogP contribution in [0.1, 0.15) is 12.8 Å². The molecule has 0 N–H and O–H groups in total. The van der Waals surface area contributed by atoms with E-state index in [2.05, 4.69) is 20.1 Å². The van der Waals surface area contributed by atoms with Crippen molar-refractivity contribution in [2.75, 3.05) is 0 Å². The van der Waals surface area contributed by atoms with Crippen LogP contribution in [0.15, 0.2) is 28.7 Å². The number of fused-ring (bicyclic) bond motifs is 1. The Morgan fingerprint density at radius 1 is 1.32 bits per heavy atom. The zero-order chi connectivity index (χ0) is 16.1. The molecular weight excluding hydrogens is 387 g/mol. The average Bonchev–Trinajstić information content (AvgIpc) is 3.14. The van der Waals surface area contributed by atoms with E-state index in [0.29, 0.717) is 27.8 Å². The van der Waals surface area contributed by atoms with Gasteiger partial charge < -0.3 is 8.75 Å². The van der Waals surface area contributed by atoms with Gasteiger partial charge in [-0.2, -0.15) is 21.6 Å². The molecule has 1 aliphatic rings. The minimum Gasteiger partial charge on any atom is -0.357 e. The summed E-state index contributed by atoms with van der Waals surface area (Å²) in [5, 5.41) is 0.607. The van der Waals surface area contributed by atoms with Gasteiger partial charge in [-0.3, -0.25) is 0 Å². The molecule has 0 saturated heterocycles. The minimum absolute atomic E-state index is 0.314. The fraction of sp³-hybridized carbons (Fsp3) is 0.385. The molecule has 1 aromatic carbocycles. The van der Waals surface area contributed by atoms with E-state index in [0.717, 1.165) is 12.8 Å². The quantitative estimate of drug-likeness (QED) is 0.577. The molecule has 1 aromatic heterocycles. The van der Waals surface area contributed by atoms with Crippen molar-refractivity contribution >= 4 is 37.0 Å². The van der Waals surface area contributed by atoms with Gasteiger partial charge in [0.1, 0.15) is 0 Å². The first-order chi connectivity index (χ1) is 10.2. The largest absolute Gasteiger partial charge is 0.534 e. The molecule has 9 heteroatoms. The molecule has 1 heterocycles. The zero-order valence-corrected chi connectivity index (χ0v) is 13.5. The van der Waals surface area contributed by atoms with Gasteiger partial charge in [-0.05, 0) is 30.9 Å². The van der Waals surface area contributed by atoms with E-state index in [-0.39, 0.29) is 5.88 Å². The minimum atomic E-state index is -5.69. The lowest BCUT2D eigenvalue weighted by Crippen LogP contribution is -2.28. The molecule has 0 unspecified atom stereocenters. The van der Waals surface area contributed by atoms with E-state index in [4.69, 9.17) is 0 Å². The molecule has 0 radical (unpaired) electrons. The lowest BCUT2D eigenvalue weighted by atomic mass is 10.2. The smallest absolute Gasteiger partial charge is 0.357 e. The number of nitrogens with zero attached hydrogens (tertiary/aromatic N) is 1. The Kier molecular flexibility index (Phi) is 3.67. The molecule has 22 heavy (non-hydrogen) atoms. The highest BCUT2D eigenvalue weighted by Gasteiger charge is 2.49. The van der Waals surface area contributed by atoms with Gasteiger partial charge in [0, 0.05) is 22.5 Å². The third-order valence-corrected chi connectivity index (χ3v) is 5.12. The van der Waals surface area contributed by atoms with Gasteiger partial charge in [-0.1, -0.05) is 22.0 Å². The second-order valence-electron chi connectivity index (χ2n) is 5.19. The summed E-state index contributed by atoms with van der Waals surface area (Å²) < 4.78 is 66.6. The van der Waals surface area contributed by atoms with Crippen LogP contribution in [0.2, 0.25) is 0 Å². The maximum atomic E-state index is 12.5. The Hall–Kier alpha value is -1.22. The summed E-state index contributed by atoms with van der Waals surface area (Å²) in [5.41, 5.74) is -4.82. The first-order valence-corrected chi connectivity index (χ1v) is 8.67. The van der Waals surface area contributed by atoms with Crippen LogP contribution in [0.25, 0.3) is 10.9 Å². The van der Waals surface area contributed by atoms with Gasteiger partial charge in [0.2, 0.25) is 5.88 Å². The molecule has 0 spiro atoms. The van der Waals surface area contributed by atoms with Crippen LogP contribution in [0.5, 0.6) is 5.88 Å². The van der Waals surface area contributed by atoms with E-state index >= 15 is 0 Å². The molecule has 120 valence electrons. The molecule has 3 rings (SSSR count). The van der Waals surface area contributed by atoms with Crippen molar-refractivity contribution in [3.8, 4) is 5.88 Å². The monoisotopic (exact) mass is 397 g/mol. The number of aromatic nitrogens is 1. The van der Waals surface area contributed by atoms with Crippen LogP contribution in [-0.4, -0.2) is 18.5 Å².